The zero-order valence-corrected chi connectivity index (χ0v) is 12.5. The molecule has 0 radical (unpaired) electrons. The number of aromatic nitrogens is 2. The number of ether oxygens (including phenoxy) is 2. The van der Waals surface area contributed by atoms with E-state index in [-0.39, 0.29) is 5.56 Å². The molecule has 0 saturated carbocycles. The molecule has 1 N–H and O–H groups in total. The summed E-state index contributed by atoms with van der Waals surface area (Å²) in [6.45, 7) is 0.923. The standard InChI is InChI=1S/C14H13BrN2O3/c1-19-12-3-2-8(15)6-9(12)13-16-11-4-5-20-7-10(11)14(18)17-13/h2-3,6H,4-5,7H2,1H3,(H,16,17,18). The highest BCUT2D eigenvalue weighted by molar-refractivity contribution is 9.10. The van der Waals surface area contributed by atoms with E-state index < -0.39 is 0 Å². The van der Waals surface area contributed by atoms with E-state index in [4.69, 9.17) is 9.47 Å². The molecule has 5 nitrogen and oxygen atoms in total. The van der Waals surface area contributed by atoms with Crippen molar-refractivity contribution in [2.24, 2.45) is 0 Å². The Morgan fingerprint density at radius 3 is 3.10 bits per heavy atom. The van der Waals surface area contributed by atoms with Crippen LogP contribution in [0.2, 0.25) is 0 Å². The quantitative estimate of drug-likeness (QED) is 0.913. The van der Waals surface area contributed by atoms with E-state index in [1.165, 1.54) is 0 Å². The average Bonchev–Trinajstić information content (AvgIpc) is 2.47. The van der Waals surface area contributed by atoms with Gasteiger partial charge in [-0.3, -0.25) is 4.79 Å². The van der Waals surface area contributed by atoms with Crippen LogP contribution in [0.25, 0.3) is 11.4 Å². The first kappa shape index (κ1) is 13.3. The molecular formula is C14H13BrN2O3. The number of nitrogens with one attached hydrogen (secondary N) is 1. The van der Waals surface area contributed by atoms with E-state index in [1.54, 1.807) is 7.11 Å². The number of fused-ring (bicyclic) bond motifs is 1. The third kappa shape index (κ3) is 2.36. The summed E-state index contributed by atoms with van der Waals surface area (Å²) in [6, 6.07) is 5.59. The number of methoxy groups -OCH3 is 1. The van der Waals surface area contributed by atoms with Gasteiger partial charge < -0.3 is 14.5 Å². The highest BCUT2D eigenvalue weighted by Crippen LogP contribution is 2.30. The molecule has 6 heteroatoms. The lowest BCUT2D eigenvalue weighted by Crippen LogP contribution is -2.24. The maximum atomic E-state index is 12.1. The first-order valence-electron chi connectivity index (χ1n) is 6.23. The molecule has 1 aromatic heterocycles. The highest BCUT2D eigenvalue weighted by Gasteiger charge is 2.18. The number of benzene rings is 1. The van der Waals surface area contributed by atoms with Gasteiger partial charge in [-0.1, -0.05) is 15.9 Å². The molecule has 0 bridgehead atoms. The fraction of sp³-hybridized carbons (Fsp3) is 0.286. The Balaban J connectivity index is 2.18. The first-order valence-corrected chi connectivity index (χ1v) is 7.02. The predicted molar refractivity (Wildman–Crippen MR) is 77.9 cm³/mol. The van der Waals surface area contributed by atoms with Crippen LogP contribution in [0.15, 0.2) is 27.5 Å². The van der Waals surface area contributed by atoms with Crippen molar-refractivity contribution in [3.05, 3.63) is 44.3 Å². The van der Waals surface area contributed by atoms with Crippen molar-refractivity contribution in [3.63, 3.8) is 0 Å². The second-order valence-corrected chi connectivity index (χ2v) is 5.40. The van der Waals surface area contributed by atoms with Gasteiger partial charge >= 0.3 is 0 Å². The van der Waals surface area contributed by atoms with E-state index in [0.29, 0.717) is 36.8 Å². The molecule has 2 heterocycles. The average molecular weight is 337 g/mol. The van der Waals surface area contributed by atoms with Crippen LogP contribution in [0, 0.1) is 0 Å². The minimum Gasteiger partial charge on any atom is -0.496 e. The molecule has 0 aliphatic carbocycles. The SMILES string of the molecule is COc1ccc(Br)cc1-c1nc2c(c(=O)[nH]1)COCC2. The van der Waals surface area contributed by atoms with Crippen LogP contribution in [0.5, 0.6) is 5.75 Å². The van der Waals surface area contributed by atoms with Crippen molar-refractivity contribution in [2.45, 2.75) is 13.0 Å². The summed E-state index contributed by atoms with van der Waals surface area (Å²) in [5.74, 6) is 1.19. The zero-order chi connectivity index (χ0) is 14.1. The Kier molecular flexibility index (Phi) is 3.58. The third-order valence-corrected chi connectivity index (χ3v) is 3.74. The molecule has 0 atom stereocenters. The second-order valence-electron chi connectivity index (χ2n) is 4.49. The van der Waals surface area contributed by atoms with E-state index in [1.807, 2.05) is 18.2 Å². The van der Waals surface area contributed by atoms with Crippen LogP contribution < -0.4 is 10.3 Å². The van der Waals surface area contributed by atoms with Gasteiger partial charge in [0.2, 0.25) is 0 Å². The van der Waals surface area contributed by atoms with Crippen LogP contribution in [-0.4, -0.2) is 23.7 Å². The predicted octanol–water partition coefficient (Wildman–Crippen LogP) is 2.28. The second kappa shape index (κ2) is 5.38. The van der Waals surface area contributed by atoms with Gasteiger partial charge in [-0.15, -0.1) is 0 Å². The van der Waals surface area contributed by atoms with Crippen LogP contribution in [0.3, 0.4) is 0 Å². The molecule has 0 saturated heterocycles. The number of aromatic amines is 1. The summed E-state index contributed by atoms with van der Waals surface area (Å²) in [5, 5.41) is 0. The molecule has 3 rings (SSSR count). The Morgan fingerprint density at radius 2 is 2.30 bits per heavy atom. The van der Waals surface area contributed by atoms with E-state index in [2.05, 4.69) is 25.9 Å². The van der Waals surface area contributed by atoms with E-state index in [0.717, 1.165) is 15.7 Å². The molecule has 0 unspecified atom stereocenters. The first-order chi connectivity index (χ1) is 9.69. The number of halogens is 1. The van der Waals surface area contributed by atoms with Gasteiger partial charge in [0.25, 0.3) is 5.56 Å². The lowest BCUT2D eigenvalue weighted by Gasteiger charge is -2.16. The summed E-state index contributed by atoms with van der Waals surface area (Å²) >= 11 is 3.42. The monoisotopic (exact) mass is 336 g/mol. The molecule has 0 spiro atoms. The Bertz CT molecular complexity index is 712. The fourth-order valence-electron chi connectivity index (χ4n) is 2.24. The smallest absolute Gasteiger partial charge is 0.256 e. The summed E-state index contributed by atoms with van der Waals surface area (Å²) in [6.07, 6.45) is 0.655. The van der Waals surface area contributed by atoms with E-state index in [9.17, 15) is 4.79 Å². The number of hydrogen-bond acceptors (Lipinski definition) is 4. The van der Waals surface area contributed by atoms with Gasteiger partial charge in [0.1, 0.15) is 11.6 Å². The van der Waals surface area contributed by atoms with Crippen molar-refractivity contribution in [3.8, 4) is 17.1 Å². The fourth-order valence-corrected chi connectivity index (χ4v) is 2.60. The van der Waals surface area contributed by atoms with Crippen LogP contribution >= 0.6 is 15.9 Å². The molecule has 104 valence electrons. The highest BCUT2D eigenvalue weighted by atomic mass is 79.9. The number of H-pyrrole nitrogens is 1. The number of nitrogens with zero attached hydrogens (tertiary/aromatic N) is 1. The van der Waals surface area contributed by atoms with Crippen LogP contribution in [0.1, 0.15) is 11.3 Å². The maximum Gasteiger partial charge on any atom is 0.256 e. The summed E-state index contributed by atoms with van der Waals surface area (Å²) in [7, 11) is 1.59. The molecule has 20 heavy (non-hydrogen) atoms. The Labute approximate surface area is 124 Å². The van der Waals surface area contributed by atoms with Gasteiger partial charge in [-0.2, -0.15) is 0 Å². The minimum atomic E-state index is -0.147. The van der Waals surface area contributed by atoms with E-state index >= 15 is 0 Å². The van der Waals surface area contributed by atoms with Crippen molar-refractivity contribution in [1.29, 1.82) is 0 Å². The normalized spacial score (nSPS) is 13.9. The Morgan fingerprint density at radius 1 is 1.45 bits per heavy atom. The van der Waals surface area contributed by atoms with Gasteiger partial charge in [0.05, 0.1) is 37.1 Å². The molecule has 1 aromatic carbocycles. The largest absolute Gasteiger partial charge is 0.496 e. The van der Waals surface area contributed by atoms with Crippen molar-refractivity contribution >= 4 is 15.9 Å². The molecule has 1 aliphatic rings. The molecule has 0 fully saturated rings. The van der Waals surface area contributed by atoms with Crippen LogP contribution in [-0.2, 0) is 17.8 Å². The van der Waals surface area contributed by atoms with Crippen molar-refractivity contribution < 1.29 is 9.47 Å². The van der Waals surface area contributed by atoms with Gasteiger partial charge in [0.15, 0.2) is 0 Å². The molecule has 2 aromatic rings. The zero-order valence-electron chi connectivity index (χ0n) is 10.9. The van der Waals surface area contributed by atoms with Gasteiger partial charge in [0, 0.05) is 10.9 Å². The third-order valence-electron chi connectivity index (χ3n) is 3.25. The summed E-state index contributed by atoms with van der Waals surface area (Å²) in [5.41, 5.74) is 2.03. The van der Waals surface area contributed by atoms with Crippen LogP contribution in [0.4, 0.5) is 0 Å². The summed E-state index contributed by atoms with van der Waals surface area (Å²) in [4.78, 5) is 19.5. The lowest BCUT2D eigenvalue weighted by atomic mass is 10.1. The summed E-state index contributed by atoms with van der Waals surface area (Å²) < 4.78 is 11.5. The maximum absolute atomic E-state index is 12.1. The molecular weight excluding hydrogens is 324 g/mol. The van der Waals surface area contributed by atoms with Gasteiger partial charge in [-0.05, 0) is 18.2 Å². The molecule has 1 aliphatic heterocycles. The van der Waals surface area contributed by atoms with Crippen molar-refractivity contribution in [2.75, 3.05) is 13.7 Å². The van der Waals surface area contributed by atoms with Crippen molar-refractivity contribution in [1.82, 2.24) is 9.97 Å². The number of rotatable bonds is 2. The Hall–Kier alpha value is -1.66. The van der Waals surface area contributed by atoms with Gasteiger partial charge in [-0.25, -0.2) is 4.98 Å². The molecule has 0 amide bonds. The topological polar surface area (TPSA) is 64.2 Å². The lowest BCUT2D eigenvalue weighted by molar-refractivity contribution is 0.108. The minimum absolute atomic E-state index is 0.147. The number of hydrogen-bond donors (Lipinski definition) is 1.